The first-order valence-electron chi connectivity index (χ1n) is 16.2. The van der Waals surface area contributed by atoms with Crippen molar-refractivity contribution < 1.29 is 19.1 Å². The maximum atomic E-state index is 14.1. The Balaban J connectivity index is 0.00000130. The molecule has 3 aromatic carbocycles. The van der Waals surface area contributed by atoms with Crippen LogP contribution >= 0.6 is 0 Å². The second-order valence-electron chi connectivity index (χ2n) is 12.2. The van der Waals surface area contributed by atoms with E-state index in [-0.39, 0.29) is 35.8 Å². The van der Waals surface area contributed by atoms with Crippen molar-refractivity contribution in [2.45, 2.75) is 92.2 Å². The lowest BCUT2D eigenvalue weighted by Crippen LogP contribution is -2.18. The summed E-state index contributed by atoms with van der Waals surface area (Å²) in [6.07, 6.45) is 3.34. The Morgan fingerprint density at radius 1 is 0.844 bits per heavy atom. The number of rotatable bonds is 13. The number of aliphatic hydroxyl groups excluding tert-OH is 1. The van der Waals surface area contributed by atoms with Gasteiger partial charge in [-0.3, -0.25) is 9.59 Å². The fourth-order valence-corrected chi connectivity index (χ4v) is 5.56. The van der Waals surface area contributed by atoms with Gasteiger partial charge in [-0.05, 0) is 79.1 Å². The molecular formula is C39H49FN2O3. The van der Waals surface area contributed by atoms with E-state index in [1.165, 1.54) is 31.9 Å². The number of hydrogen-bond donors (Lipinski definition) is 2. The van der Waals surface area contributed by atoms with Gasteiger partial charge in [0.05, 0.1) is 17.4 Å². The Morgan fingerprint density at radius 3 is 1.96 bits per heavy atom. The second-order valence-corrected chi connectivity index (χ2v) is 12.2. The molecule has 0 aliphatic heterocycles. The Hall–Kier alpha value is -4.03. The normalized spacial score (nSPS) is 12.3. The number of aromatic nitrogens is 1. The van der Waals surface area contributed by atoms with E-state index in [1.54, 1.807) is 12.1 Å². The molecular weight excluding hydrogens is 563 g/mol. The van der Waals surface area contributed by atoms with Gasteiger partial charge in [-0.2, -0.15) is 0 Å². The highest BCUT2D eigenvalue weighted by molar-refractivity contribution is 6.12. The van der Waals surface area contributed by atoms with Crippen LogP contribution in [0.4, 0.5) is 10.1 Å². The Morgan fingerprint density at radius 2 is 1.42 bits per heavy atom. The molecule has 0 aliphatic carbocycles. The number of aliphatic hydroxyl groups is 1. The van der Waals surface area contributed by atoms with Gasteiger partial charge >= 0.3 is 0 Å². The van der Waals surface area contributed by atoms with Crippen LogP contribution < -0.4 is 5.32 Å². The summed E-state index contributed by atoms with van der Waals surface area (Å²) in [6, 6.07) is 25.6. The zero-order valence-corrected chi connectivity index (χ0v) is 27.6. The minimum atomic E-state index is -0.680. The fraction of sp³-hybridized carbons (Fsp3) is 0.385. The van der Waals surface area contributed by atoms with Gasteiger partial charge in [-0.25, -0.2) is 4.39 Å². The van der Waals surface area contributed by atoms with E-state index in [1.807, 2.05) is 60.7 Å². The van der Waals surface area contributed by atoms with Crippen molar-refractivity contribution in [1.29, 1.82) is 0 Å². The quantitative estimate of drug-likeness (QED) is 0.158. The van der Waals surface area contributed by atoms with Crippen LogP contribution in [0.3, 0.4) is 0 Å². The second kappa shape index (κ2) is 17.5. The molecule has 2 N–H and O–H groups in total. The Kier molecular flexibility index (Phi) is 13.8. The van der Waals surface area contributed by atoms with Gasteiger partial charge in [0.1, 0.15) is 11.6 Å². The van der Waals surface area contributed by atoms with Crippen molar-refractivity contribution in [1.82, 2.24) is 4.57 Å². The molecule has 4 aromatic rings. The van der Waals surface area contributed by atoms with Crippen LogP contribution in [0.1, 0.15) is 95.6 Å². The van der Waals surface area contributed by atoms with Crippen LogP contribution in [-0.4, -0.2) is 27.5 Å². The number of carbonyl (C=O) groups is 2. The molecule has 1 heterocycles. The zero-order chi connectivity index (χ0) is 32.9. The van der Waals surface area contributed by atoms with Crippen molar-refractivity contribution in [3.8, 4) is 22.4 Å². The van der Waals surface area contributed by atoms with Crippen LogP contribution in [0.25, 0.3) is 22.4 Å². The Bertz CT molecular complexity index is 1490. The average Bonchev–Trinajstić information content (AvgIpc) is 3.36. The smallest absolute Gasteiger partial charge is 0.258 e. The van der Waals surface area contributed by atoms with E-state index in [0.717, 1.165) is 34.5 Å². The molecule has 0 radical (unpaired) electrons. The number of para-hydroxylation sites is 1. The molecule has 0 saturated carbocycles. The van der Waals surface area contributed by atoms with Gasteiger partial charge in [0.2, 0.25) is 0 Å². The molecule has 0 saturated heterocycles. The van der Waals surface area contributed by atoms with Crippen LogP contribution in [-0.2, 0) is 11.3 Å². The van der Waals surface area contributed by atoms with Crippen molar-refractivity contribution in [3.05, 3.63) is 102 Å². The van der Waals surface area contributed by atoms with Gasteiger partial charge in [0.15, 0.2) is 0 Å². The average molecular weight is 613 g/mol. The van der Waals surface area contributed by atoms with E-state index in [4.69, 9.17) is 0 Å². The summed E-state index contributed by atoms with van der Waals surface area (Å²) in [6.45, 7) is 12.7. The summed E-state index contributed by atoms with van der Waals surface area (Å²) < 4.78 is 16.3. The first-order valence-corrected chi connectivity index (χ1v) is 16.2. The van der Waals surface area contributed by atoms with E-state index in [0.29, 0.717) is 24.2 Å². The molecule has 5 nitrogen and oxygen atoms in total. The molecule has 2 unspecified atom stereocenters. The third-order valence-electron chi connectivity index (χ3n) is 7.83. The van der Waals surface area contributed by atoms with Gasteiger partial charge in [-0.1, -0.05) is 96.0 Å². The maximum absolute atomic E-state index is 14.1. The van der Waals surface area contributed by atoms with Crippen molar-refractivity contribution in [3.63, 3.8) is 0 Å². The maximum Gasteiger partial charge on any atom is 0.258 e. The lowest BCUT2D eigenvalue weighted by Gasteiger charge is -2.20. The summed E-state index contributed by atoms with van der Waals surface area (Å²) in [5, 5.41) is 13.5. The minimum absolute atomic E-state index is 0.00166. The fourth-order valence-electron chi connectivity index (χ4n) is 5.56. The molecule has 0 aliphatic rings. The number of anilines is 1. The predicted molar refractivity (Wildman–Crippen MR) is 184 cm³/mol. The lowest BCUT2D eigenvalue weighted by atomic mass is 9.94. The molecule has 4 rings (SSSR count). The van der Waals surface area contributed by atoms with Gasteiger partial charge < -0.3 is 15.0 Å². The Labute approximate surface area is 268 Å². The summed E-state index contributed by atoms with van der Waals surface area (Å²) in [5.74, 6) is -0.424. The topological polar surface area (TPSA) is 71.3 Å². The number of hydrogen-bond acceptors (Lipinski definition) is 3. The number of nitrogens with one attached hydrogen (secondary N) is 1. The summed E-state index contributed by atoms with van der Waals surface area (Å²) in [7, 11) is 0. The van der Waals surface area contributed by atoms with E-state index in [9.17, 15) is 19.1 Å². The molecule has 0 bridgehead atoms. The molecule has 240 valence electrons. The first kappa shape index (κ1) is 35.4. The highest BCUT2D eigenvalue weighted by atomic mass is 19.1. The molecule has 45 heavy (non-hydrogen) atoms. The molecule has 2 atom stereocenters. The summed E-state index contributed by atoms with van der Waals surface area (Å²) in [5.41, 5.74) is 5.57. The largest absolute Gasteiger partial charge is 0.393 e. The van der Waals surface area contributed by atoms with Crippen LogP contribution in [0.15, 0.2) is 84.9 Å². The number of benzene rings is 3. The molecule has 0 spiro atoms. The third-order valence-corrected chi connectivity index (χ3v) is 7.83. The van der Waals surface area contributed by atoms with Crippen molar-refractivity contribution >= 4 is 17.4 Å². The molecule has 1 amide bonds. The number of Topliss-reactive ketones (excluding diaryl/α,β-unsaturated/α-hetero) is 1. The lowest BCUT2D eigenvalue weighted by molar-refractivity contribution is -0.119. The minimum Gasteiger partial charge on any atom is -0.393 e. The van der Waals surface area contributed by atoms with E-state index in [2.05, 4.69) is 44.5 Å². The number of amides is 1. The van der Waals surface area contributed by atoms with Gasteiger partial charge in [0, 0.05) is 29.9 Å². The molecule has 1 aromatic heterocycles. The van der Waals surface area contributed by atoms with Gasteiger partial charge in [-0.15, -0.1) is 0 Å². The number of carbonyl (C=O) groups excluding carboxylic acids is 2. The van der Waals surface area contributed by atoms with E-state index < -0.39 is 6.10 Å². The van der Waals surface area contributed by atoms with Crippen LogP contribution in [0.2, 0.25) is 0 Å². The zero-order valence-electron chi connectivity index (χ0n) is 27.6. The first-order chi connectivity index (χ1) is 21.6. The molecule has 0 fully saturated rings. The number of unbranched alkanes of at least 4 members (excludes halogenated alkanes) is 1. The monoisotopic (exact) mass is 612 g/mol. The highest BCUT2D eigenvalue weighted by Crippen LogP contribution is 2.42. The number of halogens is 1. The van der Waals surface area contributed by atoms with Crippen molar-refractivity contribution in [2.75, 3.05) is 5.32 Å². The highest BCUT2D eigenvalue weighted by Gasteiger charge is 2.30. The predicted octanol–water partition coefficient (Wildman–Crippen LogP) is 9.90. The van der Waals surface area contributed by atoms with E-state index >= 15 is 0 Å². The van der Waals surface area contributed by atoms with Crippen LogP contribution in [0.5, 0.6) is 0 Å². The molecule has 6 heteroatoms. The number of ketones is 1. The summed E-state index contributed by atoms with van der Waals surface area (Å²) >= 11 is 0. The van der Waals surface area contributed by atoms with Crippen molar-refractivity contribution in [2.24, 2.45) is 5.92 Å². The third kappa shape index (κ3) is 9.98. The van der Waals surface area contributed by atoms with Crippen LogP contribution in [0, 0.1) is 11.7 Å². The number of nitrogens with zero attached hydrogens (tertiary/aromatic N) is 1. The standard InChI is InChI=1S/C35H39FN2O3.C4H10/c1-23(2)33-32(35(41)37-29-13-9-6-10-14-29)31(26-11-7-5-8-12-26)34(27-15-17-28(36)18-16-27)38(33)20-19-24(3)21-30(40)22-25(4)39;1-3-4-2/h5-18,23-24,30,40H,19-22H2,1-4H3,(H,37,41);3-4H2,1-2H3. The SMILES string of the molecule is CC(=O)CC(O)CC(C)CCn1c(-c2ccc(F)cc2)c(-c2ccccc2)c(C(=O)Nc2ccccc2)c1C(C)C.CCCC. The van der Waals surface area contributed by atoms with Gasteiger partial charge in [0.25, 0.3) is 5.91 Å². The summed E-state index contributed by atoms with van der Waals surface area (Å²) in [4.78, 5) is 25.6.